The van der Waals surface area contributed by atoms with E-state index in [0.29, 0.717) is 0 Å². The molecule has 0 saturated carbocycles. The normalized spacial score (nSPS) is 12.1. The zero-order valence-corrected chi connectivity index (χ0v) is 10.7. The first-order chi connectivity index (χ1) is 7.60. The third-order valence-electron chi connectivity index (χ3n) is 2.64. The standard InChI is InChI=1S/C13H21N3/c1-5-9-16-11(4)13(10(3)15-16)8-7-12(14)6-2/h12H,5-6,9,14H2,1-4H3. The first kappa shape index (κ1) is 12.8. The second-order valence-corrected chi connectivity index (χ2v) is 4.05. The molecule has 1 aromatic rings. The van der Waals surface area contributed by atoms with Crippen molar-refractivity contribution in [2.24, 2.45) is 5.73 Å². The van der Waals surface area contributed by atoms with Gasteiger partial charge in [0.15, 0.2) is 0 Å². The summed E-state index contributed by atoms with van der Waals surface area (Å²) in [5.41, 5.74) is 8.97. The molecule has 0 fully saturated rings. The number of aryl methyl sites for hydroxylation is 2. The van der Waals surface area contributed by atoms with Gasteiger partial charge in [-0.05, 0) is 26.7 Å². The summed E-state index contributed by atoms with van der Waals surface area (Å²) in [5, 5.41) is 4.48. The average molecular weight is 219 g/mol. The van der Waals surface area contributed by atoms with E-state index in [1.807, 2.05) is 18.5 Å². The summed E-state index contributed by atoms with van der Waals surface area (Å²) in [6, 6.07) is -0.0340. The van der Waals surface area contributed by atoms with E-state index in [2.05, 4.69) is 30.8 Å². The highest BCUT2D eigenvalue weighted by molar-refractivity contribution is 5.41. The Balaban J connectivity index is 2.99. The minimum Gasteiger partial charge on any atom is -0.318 e. The second-order valence-electron chi connectivity index (χ2n) is 4.05. The molecule has 0 radical (unpaired) electrons. The number of nitrogens with zero attached hydrogens (tertiary/aromatic N) is 2. The quantitative estimate of drug-likeness (QED) is 0.790. The topological polar surface area (TPSA) is 43.8 Å². The van der Waals surface area contributed by atoms with Crippen LogP contribution in [-0.4, -0.2) is 15.8 Å². The Hall–Kier alpha value is -1.27. The predicted octanol–water partition coefficient (Wildman–Crippen LogP) is 2.00. The monoisotopic (exact) mass is 219 g/mol. The molecule has 0 aliphatic rings. The molecular formula is C13H21N3. The molecule has 0 amide bonds. The van der Waals surface area contributed by atoms with Gasteiger partial charge in [-0.3, -0.25) is 4.68 Å². The van der Waals surface area contributed by atoms with Gasteiger partial charge in [0.2, 0.25) is 0 Å². The van der Waals surface area contributed by atoms with E-state index in [4.69, 9.17) is 5.73 Å². The molecule has 0 saturated heterocycles. The second kappa shape index (κ2) is 5.72. The maximum absolute atomic E-state index is 5.79. The molecule has 1 heterocycles. The molecule has 0 spiro atoms. The van der Waals surface area contributed by atoms with Crippen LogP contribution in [0.25, 0.3) is 0 Å². The Labute approximate surface area is 98.0 Å². The zero-order chi connectivity index (χ0) is 12.1. The minimum atomic E-state index is -0.0340. The smallest absolute Gasteiger partial charge is 0.0753 e. The molecule has 0 aliphatic heterocycles. The molecule has 1 rings (SSSR count). The number of rotatable bonds is 3. The number of nitrogens with two attached hydrogens (primary N) is 1. The molecule has 16 heavy (non-hydrogen) atoms. The third-order valence-corrected chi connectivity index (χ3v) is 2.64. The first-order valence-electron chi connectivity index (χ1n) is 5.91. The molecule has 0 aliphatic carbocycles. The van der Waals surface area contributed by atoms with Crippen molar-refractivity contribution in [2.75, 3.05) is 0 Å². The third kappa shape index (κ3) is 2.86. The summed E-state index contributed by atoms with van der Waals surface area (Å²) in [5.74, 6) is 6.21. The van der Waals surface area contributed by atoms with Crippen LogP contribution in [0.4, 0.5) is 0 Å². The molecule has 88 valence electrons. The Bertz CT molecular complexity index is 407. The average Bonchev–Trinajstić information content (AvgIpc) is 2.52. The Morgan fingerprint density at radius 2 is 2.06 bits per heavy atom. The van der Waals surface area contributed by atoms with Crippen molar-refractivity contribution < 1.29 is 0 Å². The molecule has 1 aromatic heterocycles. The van der Waals surface area contributed by atoms with Crippen LogP contribution in [0.1, 0.15) is 43.6 Å². The van der Waals surface area contributed by atoms with Crippen LogP contribution in [0.5, 0.6) is 0 Å². The maximum atomic E-state index is 5.79. The van der Waals surface area contributed by atoms with E-state index in [1.54, 1.807) is 0 Å². The first-order valence-corrected chi connectivity index (χ1v) is 5.91. The fraction of sp³-hybridized carbons (Fsp3) is 0.615. The SMILES string of the molecule is CCCn1nc(C)c(C#CC(N)CC)c1C. The lowest BCUT2D eigenvalue weighted by Gasteiger charge is -2.00. The van der Waals surface area contributed by atoms with Crippen molar-refractivity contribution in [3.05, 3.63) is 17.0 Å². The van der Waals surface area contributed by atoms with E-state index < -0.39 is 0 Å². The Morgan fingerprint density at radius 1 is 1.38 bits per heavy atom. The van der Waals surface area contributed by atoms with Crippen molar-refractivity contribution in [1.29, 1.82) is 0 Å². The summed E-state index contributed by atoms with van der Waals surface area (Å²) >= 11 is 0. The zero-order valence-electron chi connectivity index (χ0n) is 10.7. The largest absolute Gasteiger partial charge is 0.318 e. The highest BCUT2D eigenvalue weighted by Crippen LogP contribution is 2.11. The van der Waals surface area contributed by atoms with Gasteiger partial charge in [0, 0.05) is 6.54 Å². The summed E-state index contributed by atoms with van der Waals surface area (Å²) < 4.78 is 2.02. The molecule has 1 atom stereocenters. The van der Waals surface area contributed by atoms with Crippen molar-refractivity contribution in [3.8, 4) is 11.8 Å². The fourth-order valence-electron chi connectivity index (χ4n) is 1.57. The number of hydrogen-bond acceptors (Lipinski definition) is 2. The van der Waals surface area contributed by atoms with E-state index in [9.17, 15) is 0 Å². The van der Waals surface area contributed by atoms with Gasteiger partial charge in [0.25, 0.3) is 0 Å². The van der Waals surface area contributed by atoms with Crippen LogP contribution < -0.4 is 5.73 Å². The van der Waals surface area contributed by atoms with Gasteiger partial charge in [0.1, 0.15) is 0 Å². The van der Waals surface area contributed by atoms with E-state index in [1.165, 1.54) is 0 Å². The number of aromatic nitrogens is 2. The highest BCUT2D eigenvalue weighted by Gasteiger charge is 2.08. The van der Waals surface area contributed by atoms with E-state index in [0.717, 1.165) is 36.3 Å². The van der Waals surface area contributed by atoms with Crippen LogP contribution in [0.3, 0.4) is 0 Å². The van der Waals surface area contributed by atoms with Gasteiger partial charge in [0.05, 0.1) is 23.0 Å². The molecule has 3 nitrogen and oxygen atoms in total. The van der Waals surface area contributed by atoms with Crippen LogP contribution in [0.15, 0.2) is 0 Å². The van der Waals surface area contributed by atoms with Crippen LogP contribution in [-0.2, 0) is 6.54 Å². The Kier molecular flexibility index (Phi) is 4.57. The minimum absolute atomic E-state index is 0.0340. The van der Waals surface area contributed by atoms with Gasteiger partial charge < -0.3 is 5.73 Å². The van der Waals surface area contributed by atoms with Crippen LogP contribution >= 0.6 is 0 Å². The molecule has 3 heteroatoms. The molecule has 0 aromatic carbocycles. The summed E-state index contributed by atoms with van der Waals surface area (Å²) in [7, 11) is 0. The van der Waals surface area contributed by atoms with Crippen molar-refractivity contribution in [3.63, 3.8) is 0 Å². The van der Waals surface area contributed by atoms with Gasteiger partial charge >= 0.3 is 0 Å². The summed E-state index contributed by atoms with van der Waals surface area (Å²) in [6.45, 7) is 9.21. The van der Waals surface area contributed by atoms with Crippen LogP contribution in [0.2, 0.25) is 0 Å². The highest BCUT2D eigenvalue weighted by atomic mass is 15.3. The van der Waals surface area contributed by atoms with Crippen molar-refractivity contribution in [1.82, 2.24) is 9.78 Å². The molecular weight excluding hydrogens is 198 g/mol. The van der Waals surface area contributed by atoms with Gasteiger partial charge in [-0.25, -0.2) is 0 Å². The van der Waals surface area contributed by atoms with Gasteiger partial charge in [-0.15, -0.1) is 0 Å². The molecule has 0 bridgehead atoms. The lowest BCUT2D eigenvalue weighted by molar-refractivity contribution is 0.583. The lowest BCUT2D eigenvalue weighted by atomic mass is 10.1. The fourth-order valence-corrected chi connectivity index (χ4v) is 1.57. The van der Waals surface area contributed by atoms with E-state index >= 15 is 0 Å². The predicted molar refractivity (Wildman–Crippen MR) is 67.1 cm³/mol. The van der Waals surface area contributed by atoms with Gasteiger partial charge in [-0.2, -0.15) is 5.10 Å². The maximum Gasteiger partial charge on any atom is 0.0753 e. The van der Waals surface area contributed by atoms with Crippen molar-refractivity contribution in [2.45, 2.75) is 53.1 Å². The lowest BCUT2D eigenvalue weighted by Crippen LogP contribution is -2.15. The summed E-state index contributed by atoms with van der Waals surface area (Å²) in [6.07, 6.45) is 1.97. The van der Waals surface area contributed by atoms with Gasteiger partial charge in [-0.1, -0.05) is 25.7 Å². The van der Waals surface area contributed by atoms with Crippen LogP contribution in [0, 0.1) is 25.7 Å². The Morgan fingerprint density at radius 3 is 2.62 bits per heavy atom. The number of hydrogen-bond donors (Lipinski definition) is 1. The molecule has 1 unspecified atom stereocenters. The van der Waals surface area contributed by atoms with E-state index in [-0.39, 0.29) is 6.04 Å². The van der Waals surface area contributed by atoms with Crippen molar-refractivity contribution >= 4 is 0 Å². The molecule has 2 N–H and O–H groups in total. The summed E-state index contributed by atoms with van der Waals surface area (Å²) in [4.78, 5) is 0.